The van der Waals surface area contributed by atoms with E-state index < -0.39 is 0 Å². The molecule has 0 N–H and O–H groups in total. The van der Waals surface area contributed by atoms with Gasteiger partial charge in [-0.05, 0) is 84.8 Å². The van der Waals surface area contributed by atoms with Crippen molar-refractivity contribution < 1.29 is 0 Å². The summed E-state index contributed by atoms with van der Waals surface area (Å²) in [7, 11) is 0. The van der Waals surface area contributed by atoms with Gasteiger partial charge >= 0.3 is 0 Å². The first-order chi connectivity index (χ1) is 18.8. The van der Waals surface area contributed by atoms with Crippen LogP contribution >= 0.6 is 0 Å². The van der Waals surface area contributed by atoms with Gasteiger partial charge in [0.1, 0.15) is 0 Å². The standard InChI is InChI=1S/C38H28/c1-26-12-10-18-29(24-26)32-20-11-21-34(32)38-35(23-22-33-31-19-9-8-17-30(31)25-36(33)38)37(27-13-4-2-5-14-27)28-15-6-3-7-16-28/h2-20,22-25H,21H2,1H3. The molecule has 38 heavy (non-hydrogen) atoms. The van der Waals surface area contributed by atoms with Crippen LogP contribution in [-0.4, -0.2) is 0 Å². The van der Waals surface area contributed by atoms with Gasteiger partial charge in [0.2, 0.25) is 0 Å². The fourth-order valence-electron chi connectivity index (χ4n) is 6.07. The molecule has 5 aromatic carbocycles. The Morgan fingerprint density at radius 1 is 0.632 bits per heavy atom. The third-order valence-corrected chi connectivity index (χ3v) is 7.75. The lowest BCUT2D eigenvalue weighted by atomic mass is 9.86. The summed E-state index contributed by atoms with van der Waals surface area (Å²) in [5, 5.41) is 5.22. The Morgan fingerprint density at radius 3 is 2.08 bits per heavy atom. The molecule has 0 saturated carbocycles. The number of hydrogen-bond donors (Lipinski definition) is 0. The smallest absolute Gasteiger partial charge is 0.00325 e. The van der Waals surface area contributed by atoms with Gasteiger partial charge in [0.25, 0.3) is 0 Å². The van der Waals surface area contributed by atoms with Crippen LogP contribution in [0.4, 0.5) is 0 Å². The molecule has 0 spiro atoms. The van der Waals surface area contributed by atoms with E-state index in [1.165, 1.54) is 71.0 Å². The second-order valence-corrected chi connectivity index (χ2v) is 10.2. The van der Waals surface area contributed by atoms with Gasteiger partial charge in [0.15, 0.2) is 0 Å². The maximum atomic E-state index is 2.40. The minimum absolute atomic E-state index is 0.924. The Hall–Kier alpha value is -4.68. The molecule has 0 heterocycles. The molecular weight excluding hydrogens is 456 g/mol. The van der Waals surface area contributed by atoms with Crippen molar-refractivity contribution in [3.63, 3.8) is 0 Å². The summed E-state index contributed by atoms with van der Waals surface area (Å²) >= 11 is 0. The number of rotatable bonds is 4. The van der Waals surface area contributed by atoms with Crippen molar-refractivity contribution in [3.05, 3.63) is 188 Å². The van der Waals surface area contributed by atoms with Crippen LogP contribution < -0.4 is 10.4 Å². The molecule has 0 aromatic heterocycles. The van der Waals surface area contributed by atoms with E-state index in [2.05, 4.69) is 146 Å². The highest BCUT2D eigenvalue weighted by Gasteiger charge is 2.21. The monoisotopic (exact) mass is 484 g/mol. The first-order valence-corrected chi connectivity index (χ1v) is 13.3. The Balaban J connectivity index is 1.67. The van der Waals surface area contributed by atoms with E-state index in [-0.39, 0.29) is 0 Å². The van der Waals surface area contributed by atoms with Crippen LogP contribution in [0.5, 0.6) is 0 Å². The van der Waals surface area contributed by atoms with Gasteiger partial charge < -0.3 is 0 Å². The zero-order chi connectivity index (χ0) is 25.5. The SMILES string of the molecule is Cc1cccc(C2=C(c3c4c(ccc3=C(c3ccccc3)c3ccccc3)=c3ccccc3=C4)CC=C2)c1. The Kier molecular flexibility index (Phi) is 5.52. The molecule has 0 unspecified atom stereocenters. The normalized spacial score (nSPS) is 13.3. The summed E-state index contributed by atoms with van der Waals surface area (Å²) in [5.74, 6) is 0. The van der Waals surface area contributed by atoms with Crippen LogP contribution in [0.15, 0.2) is 133 Å². The summed E-state index contributed by atoms with van der Waals surface area (Å²) in [6.45, 7) is 2.18. The van der Waals surface area contributed by atoms with Crippen LogP contribution in [0.3, 0.4) is 0 Å². The lowest BCUT2D eigenvalue weighted by Gasteiger charge is -2.17. The van der Waals surface area contributed by atoms with Crippen molar-refractivity contribution in [2.45, 2.75) is 13.3 Å². The first-order valence-electron chi connectivity index (χ1n) is 13.3. The highest BCUT2D eigenvalue weighted by atomic mass is 14.2. The Bertz CT molecular complexity index is 1930. The van der Waals surface area contributed by atoms with Gasteiger partial charge in [-0.1, -0.05) is 139 Å². The van der Waals surface area contributed by atoms with E-state index in [9.17, 15) is 0 Å². The molecular formula is C38H28. The van der Waals surface area contributed by atoms with Gasteiger partial charge in [-0.3, -0.25) is 0 Å². The molecule has 0 aliphatic heterocycles. The minimum Gasteiger partial charge on any atom is -0.0795 e. The Labute approximate surface area is 223 Å². The van der Waals surface area contributed by atoms with Gasteiger partial charge in [0.05, 0.1) is 0 Å². The second-order valence-electron chi connectivity index (χ2n) is 10.2. The molecule has 2 aliphatic carbocycles. The topological polar surface area (TPSA) is 0 Å². The molecule has 180 valence electrons. The minimum atomic E-state index is 0.924. The summed E-state index contributed by atoms with van der Waals surface area (Å²) in [5.41, 5.74) is 11.7. The molecule has 2 aliphatic rings. The van der Waals surface area contributed by atoms with Crippen molar-refractivity contribution in [1.29, 1.82) is 0 Å². The average Bonchev–Trinajstić information content (AvgIpc) is 3.59. The first kappa shape index (κ1) is 22.5. The van der Waals surface area contributed by atoms with E-state index in [1.54, 1.807) is 0 Å². The van der Waals surface area contributed by atoms with Crippen molar-refractivity contribution in [2.75, 3.05) is 0 Å². The summed E-state index contributed by atoms with van der Waals surface area (Å²) in [6, 6.07) is 44.1. The van der Waals surface area contributed by atoms with E-state index in [4.69, 9.17) is 0 Å². The lowest BCUT2D eigenvalue weighted by Crippen LogP contribution is -2.16. The number of hydrogen-bond acceptors (Lipinski definition) is 0. The highest BCUT2D eigenvalue weighted by molar-refractivity contribution is 6.01. The van der Waals surface area contributed by atoms with Gasteiger partial charge in [-0.2, -0.15) is 0 Å². The molecule has 0 heteroatoms. The molecule has 0 bridgehead atoms. The molecule has 0 atom stereocenters. The second kappa shape index (κ2) is 9.32. The Morgan fingerprint density at radius 2 is 1.34 bits per heavy atom. The van der Waals surface area contributed by atoms with Crippen molar-refractivity contribution in [2.24, 2.45) is 0 Å². The van der Waals surface area contributed by atoms with Crippen molar-refractivity contribution in [3.8, 4) is 0 Å². The number of aryl methyl sites for hydroxylation is 1. The zero-order valence-electron chi connectivity index (χ0n) is 21.5. The molecule has 7 rings (SSSR count). The van der Waals surface area contributed by atoms with Crippen molar-refractivity contribution in [1.82, 2.24) is 0 Å². The number of fused-ring (bicyclic) bond motifs is 2. The molecule has 0 saturated heterocycles. The highest BCUT2D eigenvalue weighted by Crippen LogP contribution is 2.37. The van der Waals surface area contributed by atoms with E-state index in [0.717, 1.165) is 6.42 Å². The van der Waals surface area contributed by atoms with E-state index in [0.29, 0.717) is 0 Å². The van der Waals surface area contributed by atoms with E-state index in [1.807, 2.05) is 0 Å². The molecule has 0 fully saturated rings. The number of benzene rings is 5. The molecule has 0 amide bonds. The third kappa shape index (κ3) is 3.78. The molecule has 0 nitrogen and oxygen atoms in total. The maximum absolute atomic E-state index is 2.40. The van der Waals surface area contributed by atoms with Crippen LogP contribution in [0.2, 0.25) is 0 Å². The predicted molar refractivity (Wildman–Crippen MR) is 160 cm³/mol. The van der Waals surface area contributed by atoms with Crippen LogP contribution in [0, 0.1) is 17.4 Å². The van der Waals surface area contributed by atoms with E-state index >= 15 is 0 Å². The van der Waals surface area contributed by atoms with Gasteiger partial charge in [-0.15, -0.1) is 0 Å². The fraction of sp³-hybridized carbons (Fsp3) is 0.0526. The average molecular weight is 485 g/mol. The summed E-state index contributed by atoms with van der Waals surface area (Å²) in [6.07, 6.45) is 7.97. The lowest BCUT2D eigenvalue weighted by molar-refractivity contribution is 1.35. The molecule has 5 aromatic rings. The zero-order valence-corrected chi connectivity index (χ0v) is 21.5. The van der Waals surface area contributed by atoms with Crippen molar-refractivity contribution >= 4 is 22.8 Å². The van der Waals surface area contributed by atoms with Gasteiger partial charge in [-0.25, -0.2) is 0 Å². The summed E-state index contributed by atoms with van der Waals surface area (Å²) < 4.78 is 0. The predicted octanol–water partition coefficient (Wildman–Crippen LogP) is 7.54. The fourth-order valence-corrected chi connectivity index (χ4v) is 6.07. The third-order valence-electron chi connectivity index (χ3n) is 7.75. The van der Waals surface area contributed by atoms with Crippen LogP contribution in [0.25, 0.3) is 22.8 Å². The largest absolute Gasteiger partial charge is 0.0795 e. The van der Waals surface area contributed by atoms with Crippen LogP contribution in [0.1, 0.15) is 39.8 Å². The summed E-state index contributed by atoms with van der Waals surface area (Å²) in [4.78, 5) is 0. The molecule has 0 radical (unpaired) electrons. The number of allylic oxidation sites excluding steroid dienone is 4. The maximum Gasteiger partial charge on any atom is -0.00325 e. The van der Waals surface area contributed by atoms with Gasteiger partial charge in [0, 0.05) is 0 Å². The van der Waals surface area contributed by atoms with Crippen LogP contribution in [-0.2, 0) is 0 Å². The quantitative estimate of drug-likeness (QED) is 0.242.